The van der Waals surface area contributed by atoms with Crippen LogP contribution in [0.2, 0.25) is 10.0 Å². The predicted octanol–water partition coefficient (Wildman–Crippen LogP) is 3.78. The van der Waals surface area contributed by atoms with Crippen LogP contribution in [0.15, 0.2) is 42.5 Å². The summed E-state index contributed by atoms with van der Waals surface area (Å²) in [7, 11) is 0. The first-order valence-corrected chi connectivity index (χ1v) is 6.97. The van der Waals surface area contributed by atoms with Gasteiger partial charge in [-0.05, 0) is 35.9 Å². The zero-order valence-corrected chi connectivity index (χ0v) is 12.0. The second-order valence-corrected chi connectivity index (χ2v) is 5.53. The average molecular weight is 307 g/mol. The summed E-state index contributed by atoms with van der Waals surface area (Å²) < 4.78 is 0. The third kappa shape index (κ3) is 2.66. The van der Waals surface area contributed by atoms with Crippen molar-refractivity contribution in [1.29, 1.82) is 0 Å². The molecule has 2 aromatic carbocycles. The first-order chi connectivity index (χ1) is 9.63. The summed E-state index contributed by atoms with van der Waals surface area (Å²) in [4.78, 5) is 12.0. The molecule has 0 saturated heterocycles. The lowest BCUT2D eigenvalue weighted by atomic mass is 10.1. The normalized spacial score (nSPS) is 16.9. The van der Waals surface area contributed by atoms with Gasteiger partial charge >= 0.3 is 0 Å². The lowest BCUT2D eigenvalue weighted by Crippen LogP contribution is -2.27. The van der Waals surface area contributed by atoms with E-state index in [2.05, 4.69) is 10.6 Å². The van der Waals surface area contributed by atoms with Gasteiger partial charge in [0.2, 0.25) is 5.91 Å². The van der Waals surface area contributed by atoms with Crippen LogP contribution >= 0.6 is 23.2 Å². The number of hydrogen-bond donors (Lipinski definition) is 2. The van der Waals surface area contributed by atoms with Crippen LogP contribution in [0.1, 0.15) is 17.2 Å². The second kappa shape index (κ2) is 5.44. The van der Waals surface area contributed by atoms with Crippen LogP contribution in [0.5, 0.6) is 0 Å². The quantitative estimate of drug-likeness (QED) is 0.906. The molecule has 0 saturated carbocycles. The van der Waals surface area contributed by atoms with Crippen LogP contribution in [0.3, 0.4) is 0 Å². The van der Waals surface area contributed by atoms with E-state index >= 15 is 0 Å². The van der Waals surface area contributed by atoms with Crippen LogP contribution in [0, 0.1) is 0 Å². The summed E-state index contributed by atoms with van der Waals surface area (Å²) in [6.45, 7) is 0.585. The minimum Gasteiger partial charge on any atom is -0.324 e. The molecule has 1 amide bonds. The van der Waals surface area contributed by atoms with Crippen molar-refractivity contribution < 1.29 is 4.79 Å². The van der Waals surface area contributed by atoms with Crippen LogP contribution in [-0.2, 0) is 11.3 Å². The van der Waals surface area contributed by atoms with Gasteiger partial charge in [0.1, 0.15) is 6.04 Å². The molecule has 20 heavy (non-hydrogen) atoms. The molecule has 2 aromatic rings. The number of fused-ring (bicyclic) bond motifs is 1. The molecule has 1 heterocycles. The van der Waals surface area contributed by atoms with Crippen molar-refractivity contribution in [1.82, 2.24) is 5.32 Å². The number of nitrogens with one attached hydrogen (secondary N) is 2. The Morgan fingerprint density at radius 1 is 1.05 bits per heavy atom. The van der Waals surface area contributed by atoms with Gasteiger partial charge in [-0.1, -0.05) is 35.3 Å². The summed E-state index contributed by atoms with van der Waals surface area (Å²) in [5.74, 6) is -0.0590. The Morgan fingerprint density at radius 2 is 1.75 bits per heavy atom. The molecule has 1 aliphatic heterocycles. The molecular weight excluding hydrogens is 295 g/mol. The first kappa shape index (κ1) is 13.4. The van der Waals surface area contributed by atoms with Crippen molar-refractivity contribution in [3.05, 3.63) is 63.6 Å². The number of carbonyl (C=O) groups excluding carboxylic acids is 1. The van der Waals surface area contributed by atoms with Gasteiger partial charge in [0, 0.05) is 27.8 Å². The van der Waals surface area contributed by atoms with Crippen molar-refractivity contribution in [3.8, 4) is 0 Å². The molecule has 0 aliphatic carbocycles. The van der Waals surface area contributed by atoms with E-state index in [0.717, 1.165) is 16.8 Å². The van der Waals surface area contributed by atoms with Crippen LogP contribution in [-0.4, -0.2) is 5.91 Å². The van der Waals surface area contributed by atoms with Gasteiger partial charge in [-0.15, -0.1) is 0 Å². The Morgan fingerprint density at radius 3 is 2.50 bits per heavy atom. The maximum atomic E-state index is 12.0. The number of hydrogen-bond acceptors (Lipinski definition) is 2. The van der Waals surface area contributed by atoms with E-state index in [9.17, 15) is 4.79 Å². The van der Waals surface area contributed by atoms with Gasteiger partial charge in [-0.25, -0.2) is 0 Å². The third-order valence-corrected chi connectivity index (χ3v) is 3.76. The van der Waals surface area contributed by atoms with Crippen LogP contribution < -0.4 is 10.6 Å². The van der Waals surface area contributed by atoms with Crippen LogP contribution in [0.4, 0.5) is 5.69 Å². The summed E-state index contributed by atoms with van der Waals surface area (Å²) in [5, 5.41) is 7.40. The molecule has 1 atom stereocenters. The van der Waals surface area contributed by atoms with E-state index < -0.39 is 0 Å². The number of rotatable bonds is 3. The minimum atomic E-state index is -0.376. The molecule has 3 nitrogen and oxygen atoms in total. The lowest BCUT2D eigenvalue weighted by molar-refractivity contribution is -0.117. The summed E-state index contributed by atoms with van der Waals surface area (Å²) in [6, 6.07) is 12.5. The Labute approximate surface area is 126 Å². The minimum absolute atomic E-state index is 0.0590. The Kier molecular flexibility index (Phi) is 3.66. The second-order valence-electron chi connectivity index (χ2n) is 4.66. The number of halogens is 2. The van der Waals surface area contributed by atoms with Gasteiger partial charge < -0.3 is 5.32 Å². The topological polar surface area (TPSA) is 41.1 Å². The Balaban J connectivity index is 1.76. The number of benzene rings is 2. The first-order valence-electron chi connectivity index (χ1n) is 6.21. The Hall–Kier alpha value is -1.55. The fourth-order valence-corrected chi connectivity index (χ4v) is 2.56. The molecule has 102 valence electrons. The zero-order valence-electron chi connectivity index (χ0n) is 10.5. The van der Waals surface area contributed by atoms with Crippen molar-refractivity contribution >= 4 is 34.8 Å². The fraction of sp³-hybridized carbons (Fsp3) is 0.133. The maximum absolute atomic E-state index is 12.0. The van der Waals surface area contributed by atoms with E-state index in [1.165, 1.54) is 0 Å². The molecule has 5 heteroatoms. The summed E-state index contributed by atoms with van der Waals surface area (Å²) in [5.41, 5.74) is 2.77. The smallest absolute Gasteiger partial charge is 0.246 e. The highest BCUT2D eigenvalue weighted by atomic mass is 35.5. The third-order valence-electron chi connectivity index (χ3n) is 3.27. The van der Waals surface area contributed by atoms with Crippen molar-refractivity contribution in [2.75, 3.05) is 5.32 Å². The Bertz CT molecular complexity index is 655. The van der Waals surface area contributed by atoms with Gasteiger partial charge in [0.05, 0.1) is 0 Å². The maximum Gasteiger partial charge on any atom is 0.246 e. The van der Waals surface area contributed by atoms with Crippen molar-refractivity contribution in [2.45, 2.75) is 12.6 Å². The standard InChI is InChI=1S/C15H12Cl2N2O/c16-10-3-1-9(2-4-10)8-18-14-12-7-11(17)5-6-13(12)19-15(14)20/h1-7,14,18H,8H2,(H,19,20). The average Bonchev–Trinajstić information content (AvgIpc) is 2.73. The van der Waals surface area contributed by atoms with E-state index in [1.807, 2.05) is 36.4 Å². The van der Waals surface area contributed by atoms with E-state index in [0.29, 0.717) is 16.6 Å². The largest absolute Gasteiger partial charge is 0.324 e. The molecular formula is C15H12Cl2N2O. The lowest BCUT2D eigenvalue weighted by Gasteiger charge is -2.11. The van der Waals surface area contributed by atoms with Gasteiger partial charge in [-0.3, -0.25) is 10.1 Å². The van der Waals surface area contributed by atoms with Gasteiger partial charge in [-0.2, -0.15) is 0 Å². The van der Waals surface area contributed by atoms with Crippen molar-refractivity contribution in [3.63, 3.8) is 0 Å². The van der Waals surface area contributed by atoms with Crippen LogP contribution in [0.25, 0.3) is 0 Å². The molecule has 0 aromatic heterocycles. The van der Waals surface area contributed by atoms with Gasteiger partial charge in [0.25, 0.3) is 0 Å². The SMILES string of the molecule is O=C1Nc2ccc(Cl)cc2C1NCc1ccc(Cl)cc1. The van der Waals surface area contributed by atoms with E-state index in [1.54, 1.807) is 6.07 Å². The fourth-order valence-electron chi connectivity index (χ4n) is 2.26. The molecule has 0 bridgehead atoms. The summed E-state index contributed by atoms with van der Waals surface area (Å²) in [6.07, 6.45) is 0. The van der Waals surface area contributed by atoms with Gasteiger partial charge in [0.15, 0.2) is 0 Å². The zero-order chi connectivity index (χ0) is 14.1. The molecule has 1 unspecified atom stereocenters. The molecule has 0 radical (unpaired) electrons. The number of carbonyl (C=O) groups is 1. The highest BCUT2D eigenvalue weighted by Gasteiger charge is 2.30. The van der Waals surface area contributed by atoms with E-state index in [-0.39, 0.29) is 11.9 Å². The molecule has 1 aliphatic rings. The molecule has 3 rings (SSSR count). The highest BCUT2D eigenvalue weighted by molar-refractivity contribution is 6.31. The predicted molar refractivity (Wildman–Crippen MR) is 81.1 cm³/mol. The number of amides is 1. The monoisotopic (exact) mass is 306 g/mol. The molecule has 0 fully saturated rings. The highest BCUT2D eigenvalue weighted by Crippen LogP contribution is 2.33. The van der Waals surface area contributed by atoms with Crippen molar-refractivity contribution in [2.24, 2.45) is 0 Å². The number of anilines is 1. The molecule has 0 spiro atoms. The summed E-state index contributed by atoms with van der Waals surface area (Å²) >= 11 is 11.8. The van der Waals surface area contributed by atoms with E-state index in [4.69, 9.17) is 23.2 Å². The molecule has 2 N–H and O–H groups in total.